The van der Waals surface area contributed by atoms with Crippen LogP contribution in [0, 0.1) is 0 Å². The molecular formula is C12H16N4O. The minimum absolute atomic E-state index is 0.183. The van der Waals surface area contributed by atoms with Gasteiger partial charge in [0.15, 0.2) is 17.2 Å². The summed E-state index contributed by atoms with van der Waals surface area (Å²) in [5.41, 5.74) is 0.540. The average molecular weight is 232 g/mol. The smallest absolute Gasteiger partial charge is 0.197 e. The van der Waals surface area contributed by atoms with Crippen molar-refractivity contribution in [2.24, 2.45) is 0 Å². The number of fused-ring (bicyclic) bond motifs is 1. The molecule has 17 heavy (non-hydrogen) atoms. The van der Waals surface area contributed by atoms with E-state index in [1.807, 2.05) is 0 Å². The van der Waals surface area contributed by atoms with Crippen molar-refractivity contribution in [3.8, 4) is 5.75 Å². The van der Waals surface area contributed by atoms with E-state index >= 15 is 0 Å². The van der Waals surface area contributed by atoms with E-state index in [9.17, 15) is 5.11 Å². The van der Waals surface area contributed by atoms with Crippen molar-refractivity contribution < 1.29 is 5.11 Å². The van der Waals surface area contributed by atoms with Gasteiger partial charge in [-0.25, -0.2) is 9.50 Å². The maximum Gasteiger partial charge on any atom is 0.197 e. The number of hydrogen-bond donors (Lipinski definition) is 2. The molecule has 5 nitrogen and oxygen atoms in total. The third kappa shape index (κ3) is 2.10. The summed E-state index contributed by atoms with van der Waals surface area (Å²) in [7, 11) is 0. The van der Waals surface area contributed by atoms with Crippen LogP contribution in [-0.4, -0.2) is 32.3 Å². The molecule has 0 spiro atoms. The molecule has 0 aromatic carbocycles. The molecule has 0 aliphatic carbocycles. The van der Waals surface area contributed by atoms with Gasteiger partial charge in [-0.15, -0.1) is 0 Å². The third-order valence-electron chi connectivity index (χ3n) is 3.23. The lowest BCUT2D eigenvalue weighted by atomic mass is 10.0. The van der Waals surface area contributed by atoms with Crippen LogP contribution in [0.3, 0.4) is 0 Å². The molecule has 1 fully saturated rings. The minimum Gasteiger partial charge on any atom is -0.504 e. The van der Waals surface area contributed by atoms with E-state index in [-0.39, 0.29) is 5.75 Å². The number of piperidine rings is 1. The molecule has 3 rings (SSSR count). The number of pyridine rings is 1. The van der Waals surface area contributed by atoms with Crippen LogP contribution in [0.5, 0.6) is 5.75 Å². The molecule has 3 heterocycles. The molecule has 1 aliphatic rings. The highest BCUT2D eigenvalue weighted by Gasteiger charge is 2.16. The average Bonchev–Trinajstić information content (AvgIpc) is 2.74. The molecule has 90 valence electrons. The minimum atomic E-state index is 0.183. The Morgan fingerprint density at radius 1 is 1.47 bits per heavy atom. The number of rotatable bonds is 2. The van der Waals surface area contributed by atoms with E-state index < -0.39 is 0 Å². The van der Waals surface area contributed by atoms with E-state index in [1.54, 1.807) is 22.8 Å². The lowest BCUT2D eigenvalue weighted by Gasteiger charge is -2.21. The van der Waals surface area contributed by atoms with Gasteiger partial charge in [0.1, 0.15) is 0 Å². The summed E-state index contributed by atoms with van der Waals surface area (Å²) in [6, 6.07) is 3.87. The van der Waals surface area contributed by atoms with Gasteiger partial charge in [-0.05, 0) is 31.5 Å². The molecule has 2 aromatic rings. The van der Waals surface area contributed by atoms with Crippen molar-refractivity contribution >= 4 is 5.65 Å². The Balaban J connectivity index is 1.83. The highest BCUT2D eigenvalue weighted by atomic mass is 16.3. The zero-order valence-electron chi connectivity index (χ0n) is 9.63. The Morgan fingerprint density at radius 2 is 2.41 bits per heavy atom. The number of nitrogens with zero attached hydrogens (tertiary/aromatic N) is 3. The van der Waals surface area contributed by atoms with Crippen LogP contribution in [0.2, 0.25) is 0 Å². The molecule has 0 saturated carbocycles. The van der Waals surface area contributed by atoms with Crippen molar-refractivity contribution in [3.63, 3.8) is 0 Å². The van der Waals surface area contributed by atoms with Crippen molar-refractivity contribution in [1.82, 2.24) is 19.9 Å². The van der Waals surface area contributed by atoms with E-state index in [1.165, 1.54) is 19.3 Å². The molecule has 0 bridgehead atoms. The lowest BCUT2D eigenvalue weighted by molar-refractivity contribution is 0.394. The molecule has 1 saturated heterocycles. The van der Waals surface area contributed by atoms with Gasteiger partial charge in [-0.3, -0.25) is 0 Å². The maximum absolute atomic E-state index is 9.65. The van der Waals surface area contributed by atoms with Crippen LogP contribution < -0.4 is 5.32 Å². The zero-order chi connectivity index (χ0) is 11.7. The summed E-state index contributed by atoms with van der Waals surface area (Å²) in [5, 5.41) is 17.5. The van der Waals surface area contributed by atoms with E-state index in [0.29, 0.717) is 11.7 Å². The van der Waals surface area contributed by atoms with Crippen molar-refractivity contribution in [3.05, 3.63) is 24.2 Å². The molecule has 2 N–H and O–H groups in total. The van der Waals surface area contributed by atoms with Gasteiger partial charge < -0.3 is 10.4 Å². The fourth-order valence-corrected chi connectivity index (χ4v) is 2.34. The van der Waals surface area contributed by atoms with Crippen LogP contribution in [0.25, 0.3) is 5.65 Å². The second-order valence-corrected chi connectivity index (χ2v) is 4.54. The fraction of sp³-hybridized carbons (Fsp3) is 0.500. The van der Waals surface area contributed by atoms with Gasteiger partial charge in [0.2, 0.25) is 0 Å². The highest BCUT2D eigenvalue weighted by molar-refractivity contribution is 5.51. The number of hydrogen-bond acceptors (Lipinski definition) is 4. The second-order valence-electron chi connectivity index (χ2n) is 4.54. The van der Waals surface area contributed by atoms with E-state index in [2.05, 4.69) is 15.4 Å². The Labute approximate surface area is 99.5 Å². The summed E-state index contributed by atoms with van der Waals surface area (Å²) >= 11 is 0. The summed E-state index contributed by atoms with van der Waals surface area (Å²) in [4.78, 5) is 4.37. The number of aromatic hydroxyl groups is 1. The van der Waals surface area contributed by atoms with E-state index in [0.717, 1.165) is 18.8 Å². The van der Waals surface area contributed by atoms with Crippen LogP contribution in [0.15, 0.2) is 18.3 Å². The molecular weight excluding hydrogens is 216 g/mol. The van der Waals surface area contributed by atoms with Crippen molar-refractivity contribution in [2.75, 3.05) is 6.54 Å². The van der Waals surface area contributed by atoms with Crippen LogP contribution in [0.4, 0.5) is 0 Å². The largest absolute Gasteiger partial charge is 0.504 e. The molecule has 5 heteroatoms. The van der Waals surface area contributed by atoms with Gasteiger partial charge in [0.25, 0.3) is 0 Å². The summed E-state index contributed by atoms with van der Waals surface area (Å²) in [5.74, 6) is 0.980. The van der Waals surface area contributed by atoms with Gasteiger partial charge >= 0.3 is 0 Å². The Bertz CT molecular complexity index is 516. The quantitative estimate of drug-likeness (QED) is 0.814. The van der Waals surface area contributed by atoms with Gasteiger partial charge in [0, 0.05) is 18.7 Å². The van der Waals surface area contributed by atoms with Crippen LogP contribution in [0.1, 0.15) is 25.1 Å². The molecule has 0 amide bonds. The van der Waals surface area contributed by atoms with Gasteiger partial charge in [0.05, 0.1) is 0 Å². The number of aromatic nitrogens is 3. The predicted octanol–water partition coefficient (Wildman–Crippen LogP) is 1.12. The predicted molar refractivity (Wildman–Crippen MR) is 64.0 cm³/mol. The first kappa shape index (κ1) is 10.5. The van der Waals surface area contributed by atoms with Gasteiger partial charge in [-0.1, -0.05) is 6.42 Å². The summed E-state index contributed by atoms with van der Waals surface area (Å²) in [6.45, 7) is 1.09. The van der Waals surface area contributed by atoms with Crippen LogP contribution >= 0.6 is 0 Å². The van der Waals surface area contributed by atoms with Crippen molar-refractivity contribution in [2.45, 2.75) is 31.7 Å². The topological polar surface area (TPSA) is 62.5 Å². The Hall–Kier alpha value is -1.62. The molecule has 1 aliphatic heterocycles. The first-order valence-corrected chi connectivity index (χ1v) is 6.09. The zero-order valence-corrected chi connectivity index (χ0v) is 9.63. The summed E-state index contributed by atoms with van der Waals surface area (Å²) < 4.78 is 1.63. The molecule has 0 radical (unpaired) electrons. The summed E-state index contributed by atoms with van der Waals surface area (Å²) in [6.07, 6.45) is 6.36. The number of nitrogens with one attached hydrogen (secondary N) is 1. The molecule has 1 unspecified atom stereocenters. The van der Waals surface area contributed by atoms with Gasteiger partial charge in [-0.2, -0.15) is 5.10 Å². The first-order valence-electron chi connectivity index (χ1n) is 6.09. The lowest BCUT2D eigenvalue weighted by Crippen LogP contribution is -2.35. The maximum atomic E-state index is 9.65. The highest BCUT2D eigenvalue weighted by Crippen LogP contribution is 2.16. The fourth-order valence-electron chi connectivity index (χ4n) is 2.34. The first-order chi connectivity index (χ1) is 8.33. The Morgan fingerprint density at radius 3 is 3.18 bits per heavy atom. The Kier molecular flexibility index (Phi) is 2.68. The standard InChI is InChI=1S/C12H16N4O/c17-10-5-3-7-16-12(10)14-11(15-16)8-9-4-1-2-6-13-9/h3,5,7,9,13,17H,1-2,4,6,8H2. The molecule has 2 aromatic heterocycles. The van der Waals surface area contributed by atoms with E-state index in [4.69, 9.17) is 0 Å². The third-order valence-corrected chi connectivity index (χ3v) is 3.23. The molecule has 1 atom stereocenters. The second kappa shape index (κ2) is 4.33. The van der Waals surface area contributed by atoms with Crippen LogP contribution in [-0.2, 0) is 6.42 Å². The monoisotopic (exact) mass is 232 g/mol. The van der Waals surface area contributed by atoms with Crippen molar-refractivity contribution in [1.29, 1.82) is 0 Å². The normalized spacial score (nSPS) is 20.8. The SMILES string of the molecule is Oc1cccn2nc(CC3CCCCN3)nc12.